The summed E-state index contributed by atoms with van der Waals surface area (Å²) in [6.45, 7) is 6.83. The smallest absolute Gasteiger partial charge is 0.255 e. The zero-order valence-corrected chi connectivity index (χ0v) is 32.2. The minimum absolute atomic E-state index is 0.0711. The summed E-state index contributed by atoms with van der Waals surface area (Å²) >= 11 is 0. The Bertz CT molecular complexity index is 2160. The third-order valence-electron chi connectivity index (χ3n) is 12.7. The molecule has 3 amide bonds. The number of rotatable bonds is 8. The summed E-state index contributed by atoms with van der Waals surface area (Å²) < 4.78 is 27.1. The number of imide groups is 1. The Morgan fingerprint density at radius 2 is 1.58 bits per heavy atom. The van der Waals surface area contributed by atoms with E-state index in [1.807, 2.05) is 18.2 Å². The fraction of sp³-hybridized carbons (Fsp3) is 0.400. The Hall–Kier alpha value is -5.62. The van der Waals surface area contributed by atoms with Crippen molar-refractivity contribution in [3.8, 4) is 17.2 Å². The number of phenols is 1. The lowest BCUT2D eigenvalue weighted by atomic mass is 9.76. The van der Waals surface area contributed by atoms with Gasteiger partial charge < -0.3 is 29.3 Å². The highest BCUT2D eigenvalue weighted by Gasteiger charge is 2.40. The predicted octanol–water partition coefficient (Wildman–Crippen LogP) is 5.65. The molecule has 9 rings (SSSR count). The molecule has 0 bridgehead atoms. The number of carbonyl (C=O) groups excluding carboxylic acids is 3. The Kier molecular flexibility index (Phi) is 9.98. The van der Waals surface area contributed by atoms with Crippen molar-refractivity contribution >= 4 is 29.1 Å². The lowest BCUT2D eigenvalue weighted by Gasteiger charge is -2.40. The number of piperidine rings is 2. The third-order valence-corrected chi connectivity index (χ3v) is 12.7. The van der Waals surface area contributed by atoms with Gasteiger partial charge in [-0.1, -0.05) is 30.3 Å². The van der Waals surface area contributed by atoms with Crippen molar-refractivity contribution in [3.05, 3.63) is 112 Å². The maximum absolute atomic E-state index is 15.5. The predicted molar refractivity (Wildman–Crippen MR) is 214 cm³/mol. The highest BCUT2D eigenvalue weighted by molar-refractivity contribution is 6.05. The molecule has 3 saturated heterocycles. The van der Waals surface area contributed by atoms with Crippen molar-refractivity contribution in [2.24, 2.45) is 5.92 Å². The van der Waals surface area contributed by atoms with E-state index in [0.717, 1.165) is 68.2 Å². The lowest BCUT2D eigenvalue weighted by molar-refractivity contribution is -0.136. The summed E-state index contributed by atoms with van der Waals surface area (Å²) in [4.78, 5) is 45.7. The molecular formula is C45H48FN5O6. The van der Waals surface area contributed by atoms with Crippen molar-refractivity contribution in [3.63, 3.8) is 0 Å². The van der Waals surface area contributed by atoms with E-state index in [9.17, 15) is 19.5 Å². The topological polar surface area (TPSA) is 115 Å². The van der Waals surface area contributed by atoms with E-state index >= 15 is 4.39 Å². The van der Waals surface area contributed by atoms with E-state index in [0.29, 0.717) is 36.9 Å². The summed E-state index contributed by atoms with van der Waals surface area (Å²) in [7, 11) is 1.67. The monoisotopic (exact) mass is 773 g/mol. The molecular weight excluding hydrogens is 726 g/mol. The third kappa shape index (κ3) is 7.27. The fourth-order valence-electron chi connectivity index (χ4n) is 9.57. The molecule has 4 aromatic rings. The van der Waals surface area contributed by atoms with E-state index in [2.05, 4.69) is 56.4 Å². The zero-order valence-electron chi connectivity index (χ0n) is 32.2. The highest BCUT2D eigenvalue weighted by Crippen LogP contribution is 2.47. The van der Waals surface area contributed by atoms with Crippen LogP contribution in [0.25, 0.3) is 0 Å². The minimum Gasteiger partial charge on any atom is -0.508 e. The van der Waals surface area contributed by atoms with Crippen molar-refractivity contribution < 1.29 is 33.4 Å². The maximum atomic E-state index is 15.5. The van der Waals surface area contributed by atoms with Crippen molar-refractivity contribution in [1.29, 1.82) is 0 Å². The van der Waals surface area contributed by atoms with Gasteiger partial charge in [-0.3, -0.25) is 24.6 Å². The summed E-state index contributed by atoms with van der Waals surface area (Å²) in [6.07, 6.45) is 2.68. The number of fused-ring (bicyclic) bond motifs is 2. The van der Waals surface area contributed by atoms with Gasteiger partial charge >= 0.3 is 0 Å². The number of halogens is 1. The molecule has 0 aromatic heterocycles. The number of nitrogens with one attached hydrogen (secondary N) is 1. The minimum atomic E-state index is -0.719. The molecule has 57 heavy (non-hydrogen) atoms. The summed E-state index contributed by atoms with van der Waals surface area (Å²) in [5, 5.41) is 12.5. The number of hydrogen-bond donors (Lipinski definition) is 2. The molecule has 0 unspecified atom stereocenters. The van der Waals surface area contributed by atoms with E-state index < -0.39 is 17.8 Å². The number of amides is 3. The Morgan fingerprint density at radius 1 is 0.842 bits per heavy atom. The zero-order chi connectivity index (χ0) is 39.2. The molecule has 0 radical (unpaired) electrons. The van der Waals surface area contributed by atoms with Crippen LogP contribution >= 0.6 is 0 Å². The fourth-order valence-corrected chi connectivity index (χ4v) is 9.57. The lowest BCUT2D eigenvalue weighted by Crippen LogP contribution is -2.52. The van der Waals surface area contributed by atoms with Gasteiger partial charge in [0.25, 0.3) is 5.91 Å². The molecule has 3 fully saturated rings. The average Bonchev–Trinajstić information content (AvgIpc) is 3.54. The molecule has 5 aliphatic heterocycles. The molecule has 5 heterocycles. The number of piperazine rings is 1. The molecule has 5 aliphatic rings. The van der Waals surface area contributed by atoms with Crippen molar-refractivity contribution in [1.82, 2.24) is 15.1 Å². The second-order valence-corrected chi connectivity index (χ2v) is 16.1. The first-order valence-corrected chi connectivity index (χ1v) is 20.1. The standard InChI is InChI=1S/C45H48FN5O6/c1-56-34-9-4-29(5-10-34)37-27-57-41-23-33(52)8-11-35(41)43(37)30-2-6-32(7-3-30)49-16-14-28(15-17-49)25-48-18-20-50(21-19-48)40-22-31-26-51(45(55)36(31)24-38(40)46)39-12-13-42(53)47-44(39)54/h2-11,22-24,28,37,39,43,52H,12-21,25-27H2,1H3,(H,47,53,54)/t37-,39-,43-/m0/s1. The van der Waals surface area contributed by atoms with Crippen LogP contribution in [-0.4, -0.2) is 98.2 Å². The van der Waals surface area contributed by atoms with E-state index in [4.69, 9.17) is 9.47 Å². The van der Waals surface area contributed by atoms with Gasteiger partial charge in [0, 0.05) is 93.5 Å². The normalized spacial score (nSPS) is 22.9. The molecule has 0 saturated carbocycles. The van der Waals surface area contributed by atoms with Crippen LogP contribution in [0.4, 0.5) is 15.8 Å². The molecule has 12 heteroatoms. The van der Waals surface area contributed by atoms with Crippen LogP contribution in [0.1, 0.15) is 70.1 Å². The number of nitrogens with zero attached hydrogens (tertiary/aromatic N) is 4. The molecule has 3 atom stereocenters. The number of anilines is 2. The number of hydrogen-bond acceptors (Lipinski definition) is 9. The van der Waals surface area contributed by atoms with Crippen LogP contribution in [0.2, 0.25) is 0 Å². The van der Waals surface area contributed by atoms with Gasteiger partial charge in [0.2, 0.25) is 11.8 Å². The maximum Gasteiger partial charge on any atom is 0.255 e. The van der Waals surface area contributed by atoms with Gasteiger partial charge in [-0.15, -0.1) is 0 Å². The molecule has 0 aliphatic carbocycles. The first-order valence-electron chi connectivity index (χ1n) is 20.1. The quantitative estimate of drug-likeness (QED) is 0.220. The molecule has 11 nitrogen and oxygen atoms in total. The number of carbonyl (C=O) groups is 3. The van der Waals surface area contributed by atoms with Gasteiger partial charge in [-0.05, 0) is 84.3 Å². The summed E-state index contributed by atoms with van der Waals surface area (Å²) in [5.41, 5.74) is 6.21. The van der Waals surface area contributed by atoms with Crippen LogP contribution in [0.15, 0.2) is 78.9 Å². The van der Waals surface area contributed by atoms with Gasteiger partial charge in [-0.2, -0.15) is 0 Å². The molecule has 0 spiro atoms. The first-order chi connectivity index (χ1) is 27.7. The Morgan fingerprint density at radius 3 is 2.30 bits per heavy atom. The van der Waals surface area contributed by atoms with Gasteiger partial charge in [-0.25, -0.2) is 4.39 Å². The van der Waals surface area contributed by atoms with Crippen molar-refractivity contribution in [2.45, 2.75) is 50.1 Å². The second kappa shape index (κ2) is 15.4. The van der Waals surface area contributed by atoms with Gasteiger partial charge in [0.05, 0.1) is 19.4 Å². The van der Waals surface area contributed by atoms with Crippen LogP contribution in [0.5, 0.6) is 17.2 Å². The summed E-state index contributed by atoms with van der Waals surface area (Å²) in [6, 6.07) is 25.0. The average molecular weight is 774 g/mol. The van der Waals surface area contributed by atoms with E-state index in [1.165, 1.54) is 27.8 Å². The molecule has 2 N–H and O–H groups in total. The van der Waals surface area contributed by atoms with Crippen molar-refractivity contribution in [2.75, 3.05) is 69.3 Å². The first kappa shape index (κ1) is 37.0. The summed E-state index contributed by atoms with van der Waals surface area (Å²) in [5.74, 6) is 0.931. The Balaban J connectivity index is 0.794. The van der Waals surface area contributed by atoms with Crippen LogP contribution in [-0.2, 0) is 16.1 Å². The highest BCUT2D eigenvalue weighted by atomic mass is 19.1. The SMILES string of the molecule is COc1ccc([C@@H]2COc3cc(O)ccc3[C@@H]2c2ccc(N3CCC(CN4CCN(c5cc6c(cc5F)C(=O)N([C@H]5CCC(=O)NC5=O)C6)CC4)CC3)cc2)cc1. The van der Waals surface area contributed by atoms with Gasteiger partial charge in [0.1, 0.15) is 29.1 Å². The number of aromatic hydroxyl groups is 1. The van der Waals surface area contributed by atoms with E-state index in [-0.39, 0.29) is 48.8 Å². The van der Waals surface area contributed by atoms with E-state index in [1.54, 1.807) is 25.3 Å². The second-order valence-electron chi connectivity index (χ2n) is 16.1. The van der Waals surface area contributed by atoms with Crippen LogP contribution in [0.3, 0.4) is 0 Å². The molecule has 296 valence electrons. The van der Waals surface area contributed by atoms with Crippen LogP contribution in [0, 0.1) is 11.7 Å². The molecule has 4 aromatic carbocycles. The number of methoxy groups -OCH3 is 1. The number of benzene rings is 4. The number of phenolic OH excluding ortho intramolecular Hbond substituents is 1. The van der Waals surface area contributed by atoms with Gasteiger partial charge in [0.15, 0.2) is 0 Å². The number of ether oxygens (including phenoxy) is 2. The largest absolute Gasteiger partial charge is 0.508 e. The van der Waals surface area contributed by atoms with Crippen LogP contribution < -0.4 is 24.6 Å². The Labute approximate surface area is 331 Å².